The van der Waals surface area contributed by atoms with Crippen molar-refractivity contribution in [3.63, 3.8) is 0 Å². The van der Waals surface area contributed by atoms with E-state index in [1.807, 2.05) is 0 Å². The summed E-state index contributed by atoms with van der Waals surface area (Å²) in [6.07, 6.45) is 20.4. The zero-order valence-electron chi connectivity index (χ0n) is 17.7. The van der Waals surface area contributed by atoms with E-state index in [0.29, 0.717) is 0 Å². The average Bonchev–Trinajstić information content (AvgIpc) is 3.22. The summed E-state index contributed by atoms with van der Waals surface area (Å²) >= 11 is 0.866. The third-order valence-corrected chi connectivity index (χ3v) is 8.08. The van der Waals surface area contributed by atoms with Crippen molar-refractivity contribution in [3.05, 3.63) is 35.9 Å². The average molecular weight is 437 g/mol. The Hall–Kier alpha value is -0.301. The summed E-state index contributed by atoms with van der Waals surface area (Å²) in [6, 6.07) is 11.0. The molecule has 1 fully saturated rings. The van der Waals surface area contributed by atoms with Gasteiger partial charge in [-0.1, -0.05) is 0 Å². The van der Waals surface area contributed by atoms with Gasteiger partial charge in [0, 0.05) is 0 Å². The first-order valence-corrected chi connectivity index (χ1v) is 14.2. The van der Waals surface area contributed by atoms with Crippen LogP contribution >= 0.6 is 0 Å². The van der Waals surface area contributed by atoms with Crippen LogP contribution in [0.15, 0.2) is 30.3 Å². The van der Waals surface area contributed by atoms with Crippen LogP contribution in [0.25, 0.3) is 0 Å². The van der Waals surface area contributed by atoms with Crippen LogP contribution in [0.1, 0.15) is 89.0 Å². The van der Waals surface area contributed by atoms with Crippen molar-refractivity contribution in [1.29, 1.82) is 0 Å². The van der Waals surface area contributed by atoms with Crippen LogP contribution in [0.3, 0.4) is 0 Å². The standard InChI is InChI=1S/C25H43NSe/c1(2-4-6-8-13-20-26-21-14-15-22-26)3-5-7-9-16-23-27-24-19-25-17-11-10-12-18-25/h10-12,17-18H,1-9,13-16,19-24H2. The van der Waals surface area contributed by atoms with E-state index in [-0.39, 0.29) is 0 Å². The van der Waals surface area contributed by atoms with Crippen LogP contribution in [0, 0.1) is 0 Å². The van der Waals surface area contributed by atoms with Gasteiger partial charge >= 0.3 is 139 Å². The Morgan fingerprint density at radius 2 is 1.19 bits per heavy atom. The summed E-state index contributed by atoms with van der Waals surface area (Å²) in [5.74, 6) is 0. The molecule has 1 nitrogen and oxygen atoms in total. The van der Waals surface area contributed by atoms with Crippen molar-refractivity contribution in [3.8, 4) is 0 Å². The van der Waals surface area contributed by atoms with E-state index in [2.05, 4.69) is 35.2 Å². The van der Waals surface area contributed by atoms with Gasteiger partial charge < -0.3 is 4.90 Å². The monoisotopic (exact) mass is 437 g/mol. The van der Waals surface area contributed by atoms with Crippen molar-refractivity contribution >= 4 is 15.0 Å². The fraction of sp³-hybridized carbons (Fsp3) is 0.760. The molecular weight excluding hydrogens is 393 g/mol. The Balaban J connectivity index is 1.22. The van der Waals surface area contributed by atoms with Crippen molar-refractivity contribution in [1.82, 2.24) is 4.90 Å². The van der Waals surface area contributed by atoms with Crippen LogP contribution in [-0.4, -0.2) is 39.5 Å². The number of aryl methyl sites for hydroxylation is 1. The SMILES string of the molecule is c1ccc(CC[Se]CCCCCCCCCCCCCN2CCCC2)cc1. The van der Waals surface area contributed by atoms with Gasteiger partial charge in [-0.15, -0.1) is 0 Å². The van der Waals surface area contributed by atoms with E-state index in [1.54, 1.807) is 0 Å². The molecule has 2 heteroatoms. The van der Waals surface area contributed by atoms with Crippen molar-refractivity contribution in [2.45, 2.75) is 101 Å². The number of unbranched alkanes of at least 4 members (excludes halogenated alkanes) is 10. The van der Waals surface area contributed by atoms with Gasteiger partial charge in [0.1, 0.15) is 0 Å². The fourth-order valence-electron chi connectivity index (χ4n) is 4.07. The summed E-state index contributed by atoms with van der Waals surface area (Å²) in [5.41, 5.74) is 1.52. The molecule has 1 heterocycles. The van der Waals surface area contributed by atoms with Gasteiger partial charge in [-0.25, -0.2) is 0 Å². The number of nitrogens with zero attached hydrogens (tertiary/aromatic N) is 1. The van der Waals surface area contributed by atoms with Gasteiger partial charge in [0.2, 0.25) is 0 Å². The van der Waals surface area contributed by atoms with Gasteiger partial charge in [-0.05, 0) is 32.5 Å². The molecule has 1 aromatic rings. The van der Waals surface area contributed by atoms with E-state index >= 15 is 0 Å². The molecule has 0 saturated carbocycles. The molecule has 1 aliphatic rings. The second-order valence-electron chi connectivity index (χ2n) is 8.29. The van der Waals surface area contributed by atoms with Gasteiger partial charge in [0.15, 0.2) is 0 Å². The molecular formula is C25H43NSe. The maximum atomic E-state index is 2.66. The second kappa shape index (κ2) is 16.6. The van der Waals surface area contributed by atoms with E-state index < -0.39 is 0 Å². The minimum atomic E-state index is 0.866. The normalized spacial score (nSPS) is 14.8. The van der Waals surface area contributed by atoms with Gasteiger partial charge in [-0.3, -0.25) is 0 Å². The molecule has 2 rings (SSSR count). The quantitative estimate of drug-likeness (QED) is 0.185. The van der Waals surface area contributed by atoms with E-state index in [9.17, 15) is 0 Å². The Morgan fingerprint density at radius 1 is 0.630 bits per heavy atom. The van der Waals surface area contributed by atoms with E-state index in [1.165, 1.54) is 126 Å². The van der Waals surface area contributed by atoms with E-state index in [4.69, 9.17) is 0 Å². The summed E-state index contributed by atoms with van der Waals surface area (Å²) in [5, 5.41) is 2.92. The Morgan fingerprint density at radius 3 is 1.81 bits per heavy atom. The molecule has 0 aromatic heterocycles. The first-order valence-electron chi connectivity index (χ1n) is 11.8. The summed E-state index contributed by atoms with van der Waals surface area (Å²) in [6.45, 7) is 4.11. The molecule has 0 atom stereocenters. The Kier molecular flexibility index (Phi) is 14.2. The van der Waals surface area contributed by atoms with Crippen LogP contribution in [0.4, 0.5) is 0 Å². The number of hydrogen-bond acceptors (Lipinski definition) is 1. The van der Waals surface area contributed by atoms with Crippen molar-refractivity contribution in [2.24, 2.45) is 0 Å². The molecule has 0 aliphatic carbocycles. The Labute approximate surface area is 175 Å². The number of likely N-dealkylation sites (tertiary alicyclic amines) is 1. The zero-order chi connectivity index (χ0) is 18.8. The molecule has 1 aromatic carbocycles. The topological polar surface area (TPSA) is 3.24 Å². The zero-order valence-corrected chi connectivity index (χ0v) is 19.4. The molecule has 0 amide bonds. The minimum absolute atomic E-state index is 0.866. The second-order valence-corrected chi connectivity index (χ2v) is 10.9. The maximum absolute atomic E-state index is 2.66. The molecule has 0 N–H and O–H groups in total. The predicted octanol–water partition coefficient (Wildman–Crippen LogP) is 7.16. The fourth-order valence-corrected chi connectivity index (χ4v) is 6.16. The summed E-state index contributed by atoms with van der Waals surface area (Å²) in [7, 11) is 0. The third-order valence-electron chi connectivity index (χ3n) is 5.84. The summed E-state index contributed by atoms with van der Waals surface area (Å²) in [4.78, 5) is 2.66. The van der Waals surface area contributed by atoms with Gasteiger partial charge in [0.05, 0.1) is 0 Å². The third kappa shape index (κ3) is 12.7. The number of rotatable bonds is 17. The summed E-state index contributed by atoms with van der Waals surface area (Å²) < 4.78 is 0. The van der Waals surface area contributed by atoms with Crippen LogP contribution in [-0.2, 0) is 6.42 Å². The van der Waals surface area contributed by atoms with Crippen LogP contribution in [0.5, 0.6) is 0 Å². The molecule has 154 valence electrons. The molecule has 0 spiro atoms. The van der Waals surface area contributed by atoms with Crippen molar-refractivity contribution in [2.75, 3.05) is 19.6 Å². The number of benzene rings is 1. The Bertz CT molecular complexity index is 427. The molecule has 1 saturated heterocycles. The predicted molar refractivity (Wildman–Crippen MR) is 122 cm³/mol. The molecule has 1 aliphatic heterocycles. The van der Waals surface area contributed by atoms with Gasteiger partial charge in [-0.2, -0.15) is 0 Å². The molecule has 0 unspecified atom stereocenters. The molecule has 0 bridgehead atoms. The molecule has 27 heavy (non-hydrogen) atoms. The van der Waals surface area contributed by atoms with Crippen molar-refractivity contribution < 1.29 is 0 Å². The van der Waals surface area contributed by atoms with Crippen LogP contribution in [0.2, 0.25) is 10.6 Å². The van der Waals surface area contributed by atoms with Crippen LogP contribution < -0.4 is 0 Å². The van der Waals surface area contributed by atoms with Gasteiger partial charge in [0.25, 0.3) is 0 Å². The first-order chi connectivity index (χ1) is 13.4. The number of hydrogen-bond donors (Lipinski definition) is 0. The molecule has 0 radical (unpaired) electrons. The first kappa shape index (κ1) is 23.0. The van der Waals surface area contributed by atoms with E-state index in [0.717, 1.165) is 15.0 Å².